The highest BCUT2D eigenvalue weighted by atomic mass is 15.2. The molecule has 0 spiro atoms. The Bertz CT molecular complexity index is 2190. The predicted octanol–water partition coefficient (Wildman–Crippen LogP) is 14.3. The lowest BCUT2D eigenvalue weighted by atomic mass is 9.91. The van der Waals surface area contributed by atoms with Crippen LogP contribution in [0.15, 0.2) is 213 Å². The summed E-state index contributed by atoms with van der Waals surface area (Å²) in [4.78, 5) is 4.69. The Kier molecular flexibility index (Phi) is 12.2. The van der Waals surface area contributed by atoms with Gasteiger partial charge in [-0.3, -0.25) is 0 Å². The van der Waals surface area contributed by atoms with Crippen molar-refractivity contribution in [2.75, 3.05) is 16.8 Å². The molecule has 1 unspecified atom stereocenters. The molecule has 2 aliphatic rings. The minimum absolute atomic E-state index is 0.382. The average molecular weight is 689 g/mol. The molecule has 0 radical (unpaired) electrons. The van der Waals surface area contributed by atoms with Crippen molar-refractivity contribution < 1.29 is 0 Å². The normalized spacial score (nSPS) is 14.8. The van der Waals surface area contributed by atoms with Crippen molar-refractivity contribution >= 4 is 28.3 Å². The average Bonchev–Trinajstić information content (AvgIpc) is 3.55. The summed E-state index contributed by atoms with van der Waals surface area (Å²) < 4.78 is 0. The third-order valence-corrected chi connectivity index (χ3v) is 9.72. The van der Waals surface area contributed by atoms with Crippen molar-refractivity contribution in [2.24, 2.45) is 0 Å². The Morgan fingerprint density at radius 1 is 0.679 bits per heavy atom. The molecular formula is C51H48N2. The highest BCUT2D eigenvalue weighted by Gasteiger charge is 2.35. The Labute approximate surface area is 316 Å². The third kappa shape index (κ3) is 8.41. The first-order chi connectivity index (χ1) is 26.1. The first-order valence-corrected chi connectivity index (χ1v) is 18.3. The van der Waals surface area contributed by atoms with Crippen LogP contribution in [0.25, 0.3) is 27.8 Å². The zero-order chi connectivity index (χ0) is 37.0. The summed E-state index contributed by atoms with van der Waals surface area (Å²) in [5, 5.41) is 0. The molecule has 2 heteroatoms. The van der Waals surface area contributed by atoms with Crippen LogP contribution in [0, 0.1) is 0 Å². The second-order valence-electron chi connectivity index (χ2n) is 13.0. The van der Waals surface area contributed by atoms with E-state index in [1.165, 1.54) is 56.0 Å². The van der Waals surface area contributed by atoms with E-state index in [2.05, 4.69) is 189 Å². The van der Waals surface area contributed by atoms with Gasteiger partial charge < -0.3 is 9.80 Å². The lowest BCUT2D eigenvalue weighted by Gasteiger charge is -2.25. The van der Waals surface area contributed by atoms with Gasteiger partial charge in [0, 0.05) is 35.7 Å². The van der Waals surface area contributed by atoms with Gasteiger partial charge in [-0.25, -0.2) is 0 Å². The van der Waals surface area contributed by atoms with E-state index in [1.807, 2.05) is 37.3 Å². The molecule has 53 heavy (non-hydrogen) atoms. The van der Waals surface area contributed by atoms with Gasteiger partial charge >= 0.3 is 0 Å². The van der Waals surface area contributed by atoms with Crippen LogP contribution >= 0.6 is 0 Å². The molecule has 2 nitrogen and oxygen atoms in total. The van der Waals surface area contributed by atoms with Crippen molar-refractivity contribution in [3.05, 3.63) is 224 Å². The maximum Gasteiger partial charge on any atom is 0.0503 e. The van der Waals surface area contributed by atoms with Crippen LogP contribution < -0.4 is 9.80 Å². The maximum atomic E-state index is 3.79. The second kappa shape index (κ2) is 17.7. The highest BCUT2D eigenvalue weighted by Crippen LogP contribution is 2.51. The Hall–Kier alpha value is -6.38. The van der Waals surface area contributed by atoms with Gasteiger partial charge in [0.2, 0.25) is 0 Å². The summed E-state index contributed by atoms with van der Waals surface area (Å²) in [7, 11) is 2.12. The van der Waals surface area contributed by atoms with E-state index < -0.39 is 0 Å². The molecule has 0 aromatic heterocycles. The first kappa shape index (κ1) is 36.4. The van der Waals surface area contributed by atoms with E-state index in [1.54, 1.807) is 12.2 Å². The Balaban J connectivity index is 0.000000626. The first-order valence-electron chi connectivity index (χ1n) is 18.3. The van der Waals surface area contributed by atoms with Crippen LogP contribution in [0.2, 0.25) is 0 Å². The SMILES string of the molecule is C=C/C=C\C(=C/C)c1ccc(N(C)c2ccc(-c3ccc4c(c3)N(c3ccc(-c5ccccc5)cc3)C3=CC=CCC34)cc2)cc1.C=C/C=C\C=C/C. The molecule has 0 saturated carbocycles. The molecule has 5 aromatic rings. The molecule has 1 aliphatic heterocycles. The van der Waals surface area contributed by atoms with E-state index in [9.17, 15) is 0 Å². The molecule has 0 amide bonds. The summed E-state index contributed by atoms with van der Waals surface area (Å²) in [5.74, 6) is 0.382. The maximum absolute atomic E-state index is 3.79. The van der Waals surface area contributed by atoms with E-state index in [-0.39, 0.29) is 0 Å². The van der Waals surface area contributed by atoms with E-state index >= 15 is 0 Å². The predicted molar refractivity (Wildman–Crippen MR) is 232 cm³/mol. The quantitative estimate of drug-likeness (QED) is 0.135. The number of allylic oxidation sites excluding steroid dienone is 14. The zero-order valence-corrected chi connectivity index (χ0v) is 31.1. The number of benzene rings is 5. The van der Waals surface area contributed by atoms with Crippen LogP contribution in [0.5, 0.6) is 0 Å². The minimum atomic E-state index is 0.382. The summed E-state index contributed by atoms with van der Waals surface area (Å²) in [5.41, 5.74) is 14.8. The van der Waals surface area contributed by atoms with E-state index in [0.29, 0.717) is 5.92 Å². The second-order valence-corrected chi connectivity index (χ2v) is 13.0. The minimum Gasteiger partial charge on any atom is -0.345 e. The van der Waals surface area contributed by atoms with Gasteiger partial charge in [0.05, 0.1) is 5.69 Å². The van der Waals surface area contributed by atoms with Crippen molar-refractivity contribution in [3.8, 4) is 22.3 Å². The fourth-order valence-corrected chi connectivity index (χ4v) is 6.90. The topological polar surface area (TPSA) is 6.48 Å². The molecule has 0 fully saturated rings. The molecular weight excluding hydrogens is 641 g/mol. The Morgan fingerprint density at radius 2 is 1.30 bits per heavy atom. The summed E-state index contributed by atoms with van der Waals surface area (Å²) in [6.45, 7) is 11.3. The fraction of sp³-hybridized carbons (Fsp3) is 0.0980. The number of hydrogen-bond acceptors (Lipinski definition) is 2. The van der Waals surface area contributed by atoms with E-state index in [0.717, 1.165) is 17.8 Å². The Morgan fingerprint density at radius 3 is 1.96 bits per heavy atom. The summed E-state index contributed by atoms with van der Waals surface area (Å²) in [6.07, 6.45) is 25.3. The smallest absolute Gasteiger partial charge is 0.0503 e. The molecule has 7 rings (SSSR count). The van der Waals surface area contributed by atoms with Crippen LogP contribution in [-0.4, -0.2) is 7.05 Å². The number of hydrogen-bond donors (Lipinski definition) is 0. The summed E-state index contributed by atoms with van der Waals surface area (Å²) >= 11 is 0. The van der Waals surface area contributed by atoms with Gasteiger partial charge in [-0.1, -0.05) is 159 Å². The molecule has 1 heterocycles. The van der Waals surface area contributed by atoms with Crippen LogP contribution in [0.3, 0.4) is 0 Å². The monoisotopic (exact) mass is 688 g/mol. The van der Waals surface area contributed by atoms with E-state index in [4.69, 9.17) is 0 Å². The largest absolute Gasteiger partial charge is 0.345 e. The van der Waals surface area contributed by atoms with Crippen molar-refractivity contribution in [3.63, 3.8) is 0 Å². The lowest BCUT2D eigenvalue weighted by Crippen LogP contribution is -2.14. The molecule has 1 aliphatic carbocycles. The van der Waals surface area contributed by atoms with Crippen LogP contribution in [0.4, 0.5) is 22.7 Å². The molecule has 262 valence electrons. The van der Waals surface area contributed by atoms with Crippen molar-refractivity contribution in [2.45, 2.75) is 26.2 Å². The molecule has 1 atom stereocenters. The van der Waals surface area contributed by atoms with Gasteiger partial charge in [0.15, 0.2) is 0 Å². The van der Waals surface area contributed by atoms with Crippen molar-refractivity contribution in [1.82, 2.24) is 0 Å². The lowest BCUT2D eigenvalue weighted by molar-refractivity contribution is 0.819. The standard InChI is InChI=1S/C44H38N2.C7H10/c1-4-6-12-32(5-2)34-17-24-38(25-18-34)45(3)39-26-19-36(20-27-39)37-23-30-42-41-15-10-11-16-43(41)46(44(42)31-37)40-28-21-35(22-29-40)33-13-8-7-9-14-33;1-3-5-7-6-4-2/h4-14,16-31,41H,1,15H2,2-3H3;3-7H,1H2,2H3/b12-6-,32-5+;6-4-,7-5-. The van der Waals surface area contributed by atoms with Gasteiger partial charge in [-0.2, -0.15) is 0 Å². The number of anilines is 4. The number of nitrogens with zero attached hydrogens (tertiary/aromatic N) is 2. The van der Waals surface area contributed by atoms with Crippen LogP contribution in [0.1, 0.15) is 37.3 Å². The fourth-order valence-electron chi connectivity index (χ4n) is 6.90. The van der Waals surface area contributed by atoms with Gasteiger partial charge in [0.1, 0.15) is 0 Å². The highest BCUT2D eigenvalue weighted by molar-refractivity contribution is 5.84. The number of fused-ring (bicyclic) bond motifs is 3. The van der Waals surface area contributed by atoms with Gasteiger partial charge in [0.25, 0.3) is 0 Å². The zero-order valence-electron chi connectivity index (χ0n) is 31.1. The third-order valence-electron chi connectivity index (χ3n) is 9.72. The molecule has 0 saturated heterocycles. The summed E-state index contributed by atoms with van der Waals surface area (Å²) in [6, 6.07) is 44.2. The number of rotatable bonds is 10. The molecule has 0 N–H and O–H groups in total. The van der Waals surface area contributed by atoms with Crippen molar-refractivity contribution in [1.29, 1.82) is 0 Å². The van der Waals surface area contributed by atoms with Crippen LogP contribution in [-0.2, 0) is 0 Å². The van der Waals surface area contributed by atoms with Gasteiger partial charge in [-0.15, -0.1) is 0 Å². The van der Waals surface area contributed by atoms with Gasteiger partial charge in [-0.05, 0) is 108 Å². The molecule has 5 aromatic carbocycles. The molecule has 0 bridgehead atoms.